The molecule has 1 heterocycles. The number of nitro groups is 3. The summed E-state index contributed by atoms with van der Waals surface area (Å²) in [4.78, 5) is 65.5. The number of anilines is 3. The molecule has 0 aliphatic carbocycles. The molecule has 0 aromatic heterocycles. The van der Waals surface area contributed by atoms with Crippen LogP contribution in [0.5, 0.6) is 11.5 Å². The van der Waals surface area contributed by atoms with Crippen molar-refractivity contribution >= 4 is 63.5 Å². The van der Waals surface area contributed by atoms with E-state index in [-0.39, 0.29) is 43.4 Å². The highest BCUT2D eigenvalue weighted by molar-refractivity contribution is 7.80. The van der Waals surface area contributed by atoms with Gasteiger partial charge in [0, 0.05) is 90.8 Å². The molecule has 5 aromatic rings. The molecule has 0 unspecified atom stereocenters. The number of ether oxygens (including phenoxy) is 2. The van der Waals surface area contributed by atoms with E-state index in [4.69, 9.17) is 21.7 Å². The van der Waals surface area contributed by atoms with Crippen LogP contribution in [0.15, 0.2) is 121 Å². The van der Waals surface area contributed by atoms with Gasteiger partial charge in [0.05, 0.1) is 27.9 Å². The summed E-state index contributed by atoms with van der Waals surface area (Å²) in [6, 6.07) is 31.0. The molecule has 344 valence electrons. The number of para-hydroxylation sites is 2. The molecule has 21 heteroatoms. The van der Waals surface area contributed by atoms with Gasteiger partial charge in [-0.2, -0.15) is 0 Å². The minimum absolute atomic E-state index is 0.0475. The van der Waals surface area contributed by atoms with Crippen LogP contribution in [-0.2, 0) is 13.1 Å². The van der Waals surface area contributed by atoms with Gasteiger partial charge in [-0.1, -0.05) is 36.4 Å². The van der Waals surface area contributed by atoms with Gasteiger partial charge in [0.1, 0.15) is 24.7 Å². The Hall–Kier alpha value is -7.91. The van der Waals surface area contributed by atoms with Gasteiger partial charge in [-0.25, -0.2) is 9.59 Å². The Bertz CT molecular complexity index is 2350. The molecule has 5 aromatic carbocycles. The van der Waals surface area contributed by atoms with Crippen molar-refractivity contribution in [3.8, 4) is 11.5 Å². The van der Waals surface area contributed by atoms with Crippen molar-refractivity contribution < 1.29 is 33.8 Å². The van der Waals surface area contributed by atoms with E-state index in [0.29, 0.717) is 85.8 Å². The maximum Gasteiger partial charge on any atom is 0.322 e. The molecule has 0 saturated carbocycles. The number of hydrogen-bond acceptors (Lipinski definition) is 12. The lowest BCUT2D eigenvalue weighted by Gasteiger charge is -2.28. The van der Waals surface area contributed by atoms with E-state index in [9.17, 15) is 39.9 Å². The SMILES string of the molecule is O=C(Nc1ccc([N+](=O)[O-])cc1)N1CCCN(CCNC(=S)Nc2ccc([N+](=O)[O-])cc2)CCCN(C(=O)Nc2ccc([N+](=O)[O-])cc2)Cc2ccccc2OCCOc2ccccc2C1. The van der Waals surface area contributed by atoms with Gasteiger partial charge < -0.3 is 45.4 Å². The number of amides is 4. The first-order valence-corrected chi connectivity index (χ1v) is 21.4. The lowest BCUT2D eigenvalue weighted by molar-refractivity contribution is -0.385. The third-order valence-electron chi connectivity index (χ3n) is 10.4. The molecule has 0 radical (unpaired) electrons. The maximum absolute atomic E-state index is 14.0. The fraction of sp³-hybridized carbons (Fsp3) is 0.267. The topological polar surface area (TPSA) is 240 Å². The number of rotatable bonds is 9. The number of urea groups is 2. The Kier molecular flexibility index (Phi) is 17.1. The van der Waals surface area contributed by atoms with Gasteiger partial charge in [-0.3, -0.25) is 30.3 Å². The van der Waals surface area contributed by atoms with Crippen LogP contribution in [0.3, 0.4) is 0 Å². The van der Waals surface area contributed by atoms with E-state index in [1.807, 2.05) is 48.5 Å². The molecule has 6 rings (SSSR count). The molecule has 0 bridgehead atoms. The molecule has 0 fully saturated rings. The average molecular weight is 921 g/mol. The van der Waals surface area contributed by atoms with Crippen LogP contribution in [0.25, 0.3) is 0 Å². The van der Waals surface area contributed by atoms with Crippen LogP contribution in [0.2, 0.25) is 0 Å². The fourth-order valence-corrected chi connectivity index (χ4v) is 7.20. The Morgan fingerprint density at radius 2 is 0.924 bits per heavy atom. The molecule has 66 heavy (non-hydrogen) atoms. The van der Waals surface area contributed by atoms with Crippen molar-refractivity contribution in [3.05, 3.63) is 163 Å². The van der Waals surface area contributed by atoms with Crippen molar-refractivity contribution in [2.24, 2.45) is 0 Å². The van der Waals surface area contributed by atoms with E-state index in [1.54, 1.807) is 21.9 Å². The van der Waals surface area contributed by atoms with Gasteiger partial charge in [0.2, 0.25) is 0 Å². The van der Waals surface area contributed by atoms with Gasteiger partial charge in [-0.05, 0) is 86.7 Å². The van der Waals surface area contributed by atoms with Crippen LogP contribution in [0.4, 0.5) is 43.7 Å². The molecule has 1 aliphatic rings. The number of carbonyl (C=O) groups is 2. The van der Waals surface area contributed by atoms with Gasteiger partial charge >= 0.3 is 12.1 Å². The first-order chi connectivity index (χ1) is 31.9. The highest BCUT2D eigenvalue weighted by Crippen LogP contribution is 2.25. The number of carbonyl (C=O) groups excluding carboxylic acids is 2. The van der Waals surface area contributed by atoms with Crippen LogP contribution >= 0.6 is 12.2 Å². The van der Waals surface area contributed by atoms with Crippen LogP contribution in [-0.4, -0.2) is 99.1 Å². The Labute approximate surface area is 384 Å². The molecule has 0 saturated heterocycles. The number of thiocarbonyl (C=S) groups is 1. The molecule has 4 amide bonds. The summed E-state index contributed by atoms with van der Waals surface area (Å²) in [5, 5.41) is 45.9. The molecule has 20 nitrogen and oxygen atoms in total. The van der Waals surface area contributed by atoms with Gasteiger partial charge in [0.25, 0.3) is 17.1 Å². The van der Waals surface area contributed by atoms with E-state index < -0.39 is 26.8 Å². The number of hydrogen-bond donors (Lipinski definition) is 4. The van der Waals surface area contributed by atoms with E-state index >= 15 is 0 Å². The number of nitrogens with zero attached hydrogens (tertiary/aromatic N) is 6. The lowest BCUT2D eigenvalue weighted by atomic mass is 10.2. The van der Waals surface area contributed by atoms with Crippen LogP contribution in [0.1, 0.15) is 24.0 Å². The fourth-order valence-electron chi connectivity index (χ4n) is 6.98. The number of non-ortho nitro benzene ring substituents is 3. The zero-order valence-corrected chi connectivity index (χ0v) is 36.5. The molecule has 0 spiro atoms. The molecule has 1 aliphatic heterocycles. The van der Waals surface area contributed by atoms with Gasteiger partial charge in [-0.15, -0.1) is 0 Å². The summed E-state index contributed by atoms with van der Waals surface area (Å²) < 4.78 is 12.4. The second-order valence-corrected chi connectivity index (χ2v) is 15.4. The van der Waals surface area contributed by atoms with Crippen molar-refractivity contribution in [2.45, 2.75) is 25.9 Å². The zero-order valence-electron chi connectivity index (χ0n) is 35.7. The summed E-state index contributed by atoms with van der Waals surface area (Å²) >= 11 is 5.53. The number of fused-ring (bicyclic) bond motifs is 2. The first kappa shape index (κ1) is 47.6. The van der Waals surface area contributed by atoms with Crippen molar-refractivity contribution in [1.82, 2.24) is 20.0 Å². The van der Waals surface area contributed by atoms with E-state index in [0.717, 1.165) is 11.1 Å². The predicted molar refractivity (Wildman–Crippen MR) is 252 cm³/mol. The van der Waals surface area contributed by atoms with Crippen molar-refractivity contribution in [2.75, 3.05) is 68.4 Å². The molecular formula is C45H48N10O10S. The first-order valence-electron chi connectivity index (χ1n) is 21.0. The second-order valence-electron chi connectivity index (χ2n) is 15.0. The lowest BCUT2D eigenvalue weighted by Crippen LogP contribution is -2.41. The maximum atomic E-state index is 14.0. The molecule has 0 atom stereocenters. The quantitative estimate of drug-likeness (QED) is 0.0622. The number of nitrogens with one attached hydrogen (secondary N) is 4. The zero-order chi connectivity index (χ0) is 46.8. The summed E-state index contributed by atoms with van der Waals surface area (Å²) in [6.45, 7) is 3.26. The summed E-state index contributed by atoms with van der Waals surface area (Å²) in [6.07, 6.45) is 1.04. The Morgan fingerprint density at radius 3 is 1.32 bits per heavy atom. The average Bonchev–Trinajstić information content (AvgIpc) is 3.30. The normalized spacial score (nSPS) is 13.9. The molecule has 4 N–H and O–H groups in total. The minimum Gasteiger partial charge on any atom is -0.490 e. The number of nitro benzene ring substituents is 3. The van der Waals surface area contributed by atoms with E-state index in [1.165, 1.54) is 60.7 Å². The summed E-state index contributed by atoms with van der Waals surface area (Å²) in [5.41, 5.74) is 2.58. The highest BCUT2D eigenvalue weighted by atomic mass is 32.1. The smallest absolute Gasteiger partial charge is 0.322 e. The number of benzene rings is 5. The minimum atomic E-state index is -0.512. The molecular weight excluding hydrogens is 873 g/mol. The van der Waals surface area contributed by atoms with Crippen molar-refractivity contribution in [1.29, 1.82) is 0 Å². The third-order valence-corrected chi connectivity index (χ3v) is 10.6. The van der Waals surface area contributed by atoms with Gasteiger partial charge in [0.15, 0.2) is 5.11 Å². The monoisotopic (exact) mass is 920 g/mol. The Morgan fingerprint density at radius 1 is 0.545 bits per heavy atom. The van der Waals surface area contributed by atoms with Crippen LogP contribution in [0, 0.1) is 30.3 Å². The van der Waals surface area contributed by atoms with E-state index in [2.05, 4.69) is 26.2 Å². The standard InChI is InChI=1S/C45H48N10O10S/c56-44(48-36-13-19-39(20-14-36)54(60)61)51-26-5-24-50(28-23-46-43(66)47-35-11-17-38(18-12-35)53(58)59)25-6-27-52(45(57)49-37-15-21-40(22-16-37)55(62)63)32-34-8-2-4-10-42(34)65-30-29-64-41-9-3-1-7-33(41)31-51/h1-4,7-22H,5-6,23-32H2,(H,48,56)(H,49,57)(H2,46,47,66). The predicted octanol–water partition coefficient (Wildman–Crippen LogP) is 8.02. The Balaban J connectivity index is 1.23. The van der Waals surface area contributed by atoms with Crippen molar-refractivity contribution in [3.63, 3.8) is 0 Å². The second kappa shape index (κ2) is 23.7. The van der Waals surface area contributed by atoms with Crippen LogP contribution < -0.4 is 30.7 Å². The summed E-state index contributed by atoms with van der Waals surface area (Å²) in [7, 11) is 0. The third kappa shape index (κ3) is 14.3. The summed E-state index contributed by atoms with van der Waals surface area (Å²) in [5.74, 6) is 1.11. The largest absolute Gasteiger partial charge is 0.490 e. The highest BCUT2D eigenvalue weighted by Gasteiger charge is 2.21.